The Morgan fingerprint density at radius 3 is 2.55 bits per heavy atom. The van der Waals surface area contributed by atoms with Crippen molar-refractivity contribution in [3.8, 4) is 11.5 Å². The van der Waals surface area contributed by atoms with E-state index in [0.717, 1.165) is 17.7 Å². The number of hydrogen-bond donors (Lipinski definition) is 0. The highest BCUT2D eigenvalue weighted by Crippen LogP contribution is 2.40. The van der Waals surface area contributed by atoms with E-state index in [2.05, 4.69) is 4.98 Å². The van der Waals surface area contributed by atoms with Crippen molar-refractivity contribution in [3.05, 3.63) is 82.7 Å². The lowest BCUT2D eigenvalue weighted by molar-refractivity contribution is -0.142. The number of rotatable bonds is 6. The minimum absolute atomic E-state index is 0.0196. The summed E-state index contributed by atoms with van der Waals surface area (Å²) < 4.78 is 74.7. The summed E-state index contributed by atoms with van der Waals surface area (Å²) in [5.74, 6) is -0.237. The summed E-state index contributed by atoms with van der Waals surface area (Å²) in [5.41, 5.74) is 1.93. The topological polar surface area (TPSA) is 74.0 Å². The highest BCUT2D eigenvalue weighted by Gasteiger charge is 2.37. The van der Waals surface area contributed by atoms with E-state index >= 15 is 0 Å². The number of esters is 1. The minimum atomic E-state index is -4.43. The third-order valence-electron chi connectivity index (χ3n) is 6.38. The zero-order valence-electron chi connectivity index (χ0n) is 20.3. The van der Waals surface area contributed by atoms with E-state index in [9.17, 15) is 22.4 Å². The van der Waals surface area contributed by atoms with Crippen molar-refractivity contribution in [1.82, 2.24) is 4.98 Å². The predicted molar refractivity (Wildman–Crippen MR) is 128 cm³/mol. The lowest BCUT2D eigenvalue weighted by Crippen LogP contribution is -2.46. The van der Waals surface area contributed by atoms with E-state index in [1.54, 1.807) is 11.0 Å². The van der Waals surface area contributed by atoms with Crippen LogP contribution < -0.4 is 14.4 Å². The number of hydrogen-bond acceptors (Lipinski definition) is 7. The molecule has 3 aromatic carbocycles. The van der Waals surface area contributed by atoms with E-state index in [1.807, 2.05) is 6.07 Å². The Morgan fingerprint density at radius 2 is 1.87 bits per heavy atom. The van der Waals surface area contributed by atoms with Crippen LogP contribution in [0, 0.1) is 5.82 Å². The molecule has 0 fully saturated rings. The van der Waals surface area contributed by atoms with Gasteiger partial charge in [-0.1, -0.05) is 18.2 Å². The highest BCUT2D eigenvalue weighted by atomic mass is 19.4. The molecule has 5 rings (SSSR count). The first-order valence-electron chi connectivity index (χ1n) is 11.6. The van der Waals surface area contributed by atoms with Crippen molar-refractivity contribution in [1.29, 1.82) is 0 Å². The zero-order valence-corrected chi connectivity index (χ0v) is 20.3. The molecule has 0 saturated carbocycles. The average molecular weight is 530 g/mol. The zero-order chi connectivity index (χ0) is 27.0. The summed E-state index contributed by atoms with van der Waals surface area (Å²) in [6.45, 7) is 0.180. The molecule has 11 heteroatoms. The van der Waals surface area contributed by atoms with Gasteiger partial charge in [0.25, 0.3) is 6.01 Å². The number of anilines is 1. The van der Waals surface area contributed by atoms with Gasteiger partial charge in [-0.3, -0.25) is 0 Å². The van der Waals surface area contributed by atoms with Crippen LogP contribution in [0.25, 0.3) is 11.1 Å². The number of fused-ring (bicyclic) bond motifs is 2. The molecule has 7 nitrogen and oxygen atoms in total. The van der Waals surface area contributed by atoms with Gasteiger partial charge in [0.1, 0.15) is 24.0 Å². The average Bonchev–Trinajstić information content (AvgIpc) is 3.33. The normalized spacial score (nSPS) is 15.3. The molecule has 0 N–H and O–H groups in total. The van der Waals surface area contributed by atoms with Crippen LogP contribution in [-0.2, 0) is 35.3 Å². The number of halogens is 4. The van der Waals surface area contributed by atoms with Gasteiger partial charge in [-0.25, -0.2) is 9.18 Å². The molecule has 1 aromatic heterocycles. The lowest BCUT2D eigenvalue weighted by atomic mass is 9.92. The molecule has 0 spiro atoms. The van der Waals surface area contributed by atoms with Gasteiger partial charge < -0.3 is 23.5 Å². The van der Waals surface area contributed by atoms with Crippen molar-refractivity contribution < 1.29 is 41.0 Å². The molecule has 4 aromatic rings. The largest absolute Gasteiger partial charge is 0.493 e. The van der Waals surface area contributed by atoms with Gasteiger partial charge in [-0.15, -0.1) is 0 Å². The van der Waals surface area contributed by atoms with E-state index in [-0.39, 0.29) is 31.2 Å². The second-order valence-electron chi connectivity index (χ2n) is 8.70. The fraction of sp³-hybridized carbons (Fsp3) is 0.259. The maximum absolute atomic E-state index is 13.7. The highest BCUT2D eigenvalue weighted by molar-refractivity contribution is 5.82. The van der Waals surface area contributed by atoms with Crippen molar-refractivity contribution in [2.24, 2.45) is 0 Å². The molecule has 1 aliphatic rings. The Balaban J connectivity index is 1.47. The van der Waals surface area contributed by atoms with Crippen LogP contribution in [-0.4, -0.2) is 31.2 Å². The molecular formula is C27H22F4N2O5. The van der Waals surface area contributed by atoms with Crippen LogP contribution in [0.4, 0.5) is 23.6 Å². The van der Waals surface area contributed by atoms with Gasteiger partial charge in [-0.05, 0) is 41.5 Å². The van der Waals surface area contributed by atoms with E-state index in [1.165, 1.54) is 44.6 Å². The number of aromatic nitrogens is 1. The van der Waals surface area contributed by atoms with Crippen LogP contribution in [0.1, 0.15) is 22.3 Å². The van der Waals surface area contributed by atoms with Gasteiger partial charge in [-0.2, -0.15) is 18.2 Å². The third-order valence-corrected chi connectivity index (χ3v) is 6.38. The first kappa shape index (κ1) is 25.4. The lowest BCUT2D eigenvalue weighted by Gasteiger charge is -2.35. The predicted octanol–water partition coefficient (Wildman–Crippen LogP) is 5.68. The van der Waals surface area contributed by atoms with Crippen LogP contribution in [0.5, 0.6) is 11.5 Å². The summed E-state index contributed by atoms with van der Waals surface area (Å²) >= 11 is 0. The SMILES string of the molecule is COC(=O)[C@@H]1Cc2c(ccc(OC)c2OCc2ccc(C(F)(F)F)cc2)CN1c1nc2ccc(F)cc2o1. The molecular weight excluding hydrogens is 508 g/mol. The van der Waals surface area contributed by atoms with Crippen LogP contribution in [0.3, 0.4) is 0 Å². The molecule has 198 valence electrons. The van der Waals surface area contributed by atoms with Gasteiger partial charge in [0.15, 0.2) is 17.1 Å². The summed E-state index contributed by atoms with van der Waals surface area (Å²) in [6, 6.07) is 11.5. The third kappa shape index (κ3) is 4.83. The molecule has 0 unspecified atom stereocenters. The summed E-state index contributed by atoms with van der Waals surface area (Å²) in [6.07, 6.45) is -4.28. The van der Waals surface area contributed by atoms with Crippen molar-refractivity contribution in [2.75, 3.05) is 19.1 Å². The van der Waals surface area contributed by atoms with Crippen LogP contribution >= 0.6 is 0 Å². The summed E-state index contributed by atoms with van der Waals surface area (Å²) in [5, 5.41) is 0. The minimum Gasteiger partial charge on any atom is -0.493 e. The number of carbonyl (C=O) groups excluding carboxylic acids is 1. The van der Waals surface area contributed by atoms with Crippen molar-refractivity contribution in [3.63, 3.8) is 0 Å². The number of benzene rings is 3. The second kappa shape index (κ2) is 9.88. The molecule has 0 bridgehead atoms. The molecule has 1 atom stereocenters. The number of ether oxygens (including phenoxy) is 3. The van der Waals surface area contributed by atoms with Crippen molar-refractivity contribution >= 4 is 23.1 Å². The maximum atomic E-state index is 13.7. The number of oxazole rings is 1. The van der Waals surface area contributed by atoms with E-state index in [4.69, 9.17) is 18.6 Å². The first-order chi connectivity index (χ1) is 18.2. The van der Waals surface area contributed by atoms with Gasteiger partial charge in [0, 0.05) is 24.6 Å². The molecule has 38 heavy (non-hydrogen) atoms. The molecule has 0 radical (unpaired) electrons. The maximum Gasteiger partial charge on any atom is 0.416 e. The van der Waals surface area contributed by atoms with E-state index in [0.29, 0.717) is 28.1 Å². The van der Waals surface area contributed by atoms with Crippen LogP contribution in [0.15, 0.2) is 59.0 Å². The Hall–Kier alpha value is -4.28. The van der Waals surface area contributed by atoms with Gasteiger partial charge in [0.2, 0.25) is 0 Å². The van der Waals surface area contributed by atoms with E-state index < -0.39 is 29.6 Å². The molecule has 2 heterocycles. The summed E-state index contributed by atoms with van der Waals surface area (Å²) in [4.78, 5) is 18.9. The second-order valence-corrected chi connectivity index (χ2v) is 8.70. The number of methoxy groups -OCH3 is 2. The standard InChI is InChI=1S/C27H22F4N2O5/c1-35-22-10-5-16-13-33(26-32-20-9-8-18(28)11-23(20)38-26)21(25(34)36-2)12-19(16)24(22)37-14-15-3-6-17(7-4-15)27(29,30)31/h3-11,21H,12-14H2,1-2H3/t21-/m0/s1. The molecule has 0 amide bonds. The Kier molecular flexibility index (Phi) is 6.60. The van der Waals surface area contributed by atoms with Crippen molar-refractivity contribution in [2.45, 2.75) is 31.8 Å². The molecule has 1 aliphatic heterocycles. The van der Waals surface area contributed by atoms with Gasteiger partial charge in [0.05, 0.1) is 19.8 Å². The van der Waals surface area contributed by atoms with Crippen LogP contribution in [0.2, 0.25) is 0 Å². The monoisotopic (exact) mass is 530 g/mol. The number of nitrogens with zero attached hydrogens (tertiary/aromatic N) is 2. The smallest absolute Gasteiger partial charge is 0.416 e. The Labute approximate surface area is 214 Å². The molecule has 0 saturated heterocycles. The fourth-order valence-electron chi connectivity index (χ4n) is 4.44. The summed E-state index contributed by atoms with van der Waals surface area (Å²) in [7, 11) is 2.74. The molecule has 0 aliphatic carbocycles. The Morgan fingerprint density at radius 1 is 1.11 bits per heavy atom. The first-order valence-corrected chi connectivity index (χ1v) is 11.6. The van der Waals surface area contributed by atoms with Gasteiger partial charge >= 0.3 is 12.1 Å². The Bertz CT molecular complexity index is 1480. The quantitative estimate of drug-likeness (QED) is 0.235. The number of alkyl halides is 3. The number of carbonyl (C=O) groups is 1. The fourth-order valence-corrected chi connectivity index (χ4v) is 4.44.